The molecule has 0 aliphatic rings. The molecule has 0 radical (unpaired) electrons. The second-order valence-electron chi connectivity index (χ2n) is 7.14. The molecule has 2 aromatic carbocycles. The van der Waals surface area contributed by atoms with E-state index in [1.807, 2.05) is 60.7 Å². The van der Waals surface area contributed by atoms with Crippen LogP contribution in [0.15, 0.2) is 60.7 Å². The summed E-state index contributed by atoms with van der Waals surface area (Å²) in [7, 11) is -3.91. The molecule has 2 rings (SSSR count). The summed E-state index contributed by atoms with van der Waals surface area (Å²) < 4.78 is 22.5. The van der Waals surface area contributed by atoms with E-state index in [0.29, 0.717) is 18.1 Å². The minimum absolute atomic E-state index is 0.465. The van der Waals surface area contributed by atoms with E-state index >= 15 is 0 Å². The molecule has 0 fully saturated rings. The van der Waals surface area contributed by atoms with Crippen LogP contribution in [0.2, 0.25) is 0 Å². The molecule has 0 amide bonds. The van der Waals surface area contributed by atoms with Crippen LogP contribution in [-0.4, -0.2) is 11.5 Å². The van der Waals surface area contributed by atoms with Crippen LogP contribution < -0.4 is 9.05 Å². The first-order valence-corrected chi connectivity index (χ1v) is 12.4. The second kappa shape index (κ2) is 14.7. The molecule has 1 unspecified atom stereocenters. The molecular weight excluding hydrogens is 406 g/mol. The molecule has 29 heavy (non-hydrogen) atoms. The highest BCUT2D eigenvalue weighted by Crippen LogP contribution is 2.52. The molecule has 0 spiro atoms. The molecular formula is C22H32O5P2. The average Bonchev–Trinajstić information content (AvgIpc) is 2.71. The van der Waals surface area contributed by atoms with Gasteiger partial charge in [0.1, 0.15) is 11.5 Å². The molecule has 0 saturated carbocycles. The first-order chi connectivity index (χ1) is 14.1. The van der Waals surface area contributed by atoms with Gasteiger partial charge in [-0.3, -0.25) is 0 Å². The predicted molar refractivity (Wildman–Crippen MR) is 120 cm³/mol. The van der Waals surface area contributed by atoms with Crippen molar-refractivity contribution in [2.24, 2.45) is 5.92 Å². The van der Waals surface area contributed by atoms with E-state index in [2.05, 4.69) is 13.8 Å². The van der Waals surface area contributed by atoms with Gasteiger partial charge in [-0.15, -0.1) is 0 Å². The molecule has 1 N–H and O–H groups in total. The van der Waals surface area contributed by atoms with Crippen LogP contribution in [0.5, 0.6) is 11.5 Å². The Labute approximate surface area is 177 Å². The highest BCUT2D eigenvalue weighted by atomic mass is 31.2. The highest BCUT2D eigenvalue weighted by Gasteiger charge is 2.24. The number of para-hydroxylation sites is 2. The first-order valence-electron chi connectivity index (χ1n) is 10.2. The second-order valence-corrected chi connectivity index (χ2v) is 9.33. The average molecular weight is 438 g/mol. The first kappa shape index (κ1) is 24.1. The fourth-order valence-corrected chi connectivity index (χ4v) is 4.42. The zero-order chi connectivity index (χ0) is 20.7. The Morgan fingerprint density at radius 3 is 1.83 bits per heavy atom. The zero-order valence-electron chi connectivity index (χ0n) is 17.3. The molecule has 5 nitrogen and oxygen atoms in total. The van der Waals surface area contributed by atoms with Crippen molar-refractivity contribution in [1.82, 2.24) is 0 Å². The number of rotatable bonds is 15. The van der Waals surface area contributed by atoms with Gasteiger partial charge in [-0.05, 0) is 36.6 Å². The third kappa shape index (κ3) is 11.5. The summed E-state index contributed by atoms with van der Waals surface area (Å²) in [6.45, 7) is 4.98. The van der Waals surface area contributed by atoms with Crippen LogP contribution >= 0.6 is 17.2 Å². The van der Waals surface area contributed by atoms with E-state index in [0.717, 1.165) is 18.8 Å². The number of benzene rings is 2. The van der Waals surface area contributed by atoms with Crippen LogP contribution in [-0.2, 0) is 8.83 Å². The molecule has 0 bridgehead atoms. The van der Waals surface area contributed by atoms with Gasteiger partial charge in [0.2, 0.25) is 0 Å². The molecule has 0 aromatic heterocycles. The zero-order valence-corrected chi connectivity index (χ0v) is 19.1. The number of unbranched alkanes of at least 4 members (excludes halogenated alkanes) is 4. The third-order valence-corrected chi connectivity index (χ3v) is 6.33. The topological polar surface area (TPSA) is 57.2 Å². The smallest absolute Gasteiger partial charge is 0.418 e. The molecule has 160 valence electrons. The Kier molecular flexibility index (Phi) is 12.2. The monoisotopic (exact) mass is 438 g/mol. The Morgan fingerprint density at radius 1 is 0.759 bits per heavy atom. The Balaban J connectivity index is 1.71. The van der Waals surface area contributed by atoms with Crippen LogP contribution in [0.25, 0.3) is 0 Å². The van der Waals surface area contributed by atoms with Crippen molar-refractivity contribution >= 4 is 17.2 Å². The molecule has 1 atom stereocenters. The molecule has 0 heterocycles. The Morgan fingerprint density at radius 2 is 1.28 bits per heavy atom. The fraction of sp³-hybridized carbons (Fsp3) is 0.455. The predicted octanol–water partition coefficient (Wildman–Crippen LogP) is 7.62. The normalized spacial score (nSPS) is 12.3. The van der Waals surface area contributed by atoms with E-state index < -0.39 is 17.2 Å². The van der Waals surface area contributed by atoms with Gasteiger partial charge in [-0.25, -0.2) is 4.31 Å². The quantitative estimate of drug-likeness (QED) is 0.229. The number of hydrogen-bond acceptors (Lipinski definition) is 5. The van der Waals surface area contributed by atoms with Gasteiger partial charge in [-0.2, -0.15) is 0 Å². The van der Waals surface area contributed by atoms with Gasteiger partial charge in [0.05, 0.1) is 6.61 Å². The van der Waals surface area contributed by atoms with Crippen molar-refractivity contribution in [3.8, 4) is 11.5 Å². The number of hydrogen-bond donors (Lipinski definition) is 1. The van der Waals surface area contributed by atoms with Gasteiger partial charge in [0.15, 0.2) is 0 Å². The molecule has 0 saturated heterocycles. The Hall–Kier alpha value is -1.22. The van der Waals surface area contributed by atoms with E-state index in [9.17, 15) is 4.89 Å². The molecule has 2 aromatic rings. The fourth-order valence-electron chi connectivity index (χ4n) is 2.60. The van der Waals surface area contributed by atoms with Crippen molar-refractivity contribution in [3.05, 3.63) is 60.7 Å². The highest BCUT2D eigenvalue weighted by molar-refractivity contribution is 7.55. The maximum absolute atomic E-state index is 10.2. The summed E-state index contributed by atoms with van der Waals surface area (Å²) in [5.41, 5.74) is 0. The Bertz CT molecular complexity index is 601. The van der Waals surface area contributed by atoms with Crippen molar-refractivity contribution in [1.29, 1.82) is 0 Å². The van der Waals surface area contributed by atoms with Crippen molar-refractivity contribution in [3.63, 3.8) is 0 Å². The summed E-state index contributed by atoms with van der Waals surface area (Å²) in [6.07, 6.45) is 7.02. The van der Waals surface area contributed by atoms with E-state index in [1.54, 1.807) is 0 Å². The maximum atomic E-state index is 10.2. The lowest BCUT2D eigenvalue weighted by Gasteiger charge is -2.19. The van der Waals surface area contributed by atoms with Crippen LogP contribution in [0.1, 0.15) is 52.4 Å². The van der Waals surface area contributed by atoms with Gasteiger partial charge in [0, 0.05) is 0 Å². The minimum Gasteiger partial charge on any atom is -0.418 e. The van der Waals surface area contributed by atoms with Crippen LogP contribution in [0, 0.1) is 5.92 Å². The summed E-state index contributed by atoms with van der Waals surface area (Å²) in [6, 6.07) is 18.5. The minimum atomic E-state index is -2.07. The molecule has 0 aliphatic carbocycles. The van der Waals surface area contributed by atoms with Crippen molar-refractivity contribution in [2.75, 3.05) is 6.61 Å². The lowest BCUT2D eigenvalue weighted by atomic mass is 10.0. The van der Waals surface area contributed by atoms with Crippen LogP contribution in [0.3, 0.4) is 0 Å². The van der Waals surface area contributed by atoms with E-state index in [-0.39, 0.29) is 0 Å². The van der Waals surface area contributed by atoms with Gasteiger partial charge < -0.3 is 18.5 Å². The standard InChI is InChI=1S/C22H32O5P2/c1-20(2)14-8-4-3-5-13-19-24-28(23)27-29(25-21-15-9-6-10-16-21)26-22-17-11-7-12-18-22/h6-7,9-12,15-18,20,23H,3-5,8,13-14,19H2,1-2H3. The van der Waals surface area contributed by atoms with Gasteiger partial charge in [-0.1, -0.05) is 82.3 Å². The molecule has 0 aliphatic heterocycles. The van der Waals surface area contributed by atoms with Crippen LogP contribution in [0.4, 0.5) is 0 Å². The van der Waals surface area contributed by atoms with Gasteiger partial charge >= 0.3 is 17.2 Å². The third-order valence-electron chi connectivity index (χ3n) is 4.11. The summed E-state index contributed by atoms with van der Waals surface area (Å²) in [5.74, 6) is 2.00. The van der Waals surface area contributed by atoms with E-state index in [4.69, 9.17) is 17.9 Å². The SMILES string of the molecule is CC(C)CCCCCCCOP(O)OP(Oc1ccccc1)Oc1ccccc1. The molecule has 7 heteroatoms. The largest absolute Gasteiger partial charge is 0.470 e. The van der Waals surface area contributed by atoms with Crippen molar-refractivity contribution < 1.29 is 22.8 Å². The van der Waals surface area contributed by atoms with Gasteiger partial charge in [0.25, 0.3) is 0 Å². The lowest BCUT2D eigenvalue weighted by Crippen LogP contribution is -1.99. The summed E-state index contributed by atoms with van der Waals surface area (Å²) >= 11 is 0. The lowest BCUT2D eigenvalue weighted by molar-refractivity contribution is 0.244. The maximum Gasteiger partial charge on any atom is 0.470 e. The van der Waals surface area contributed by atoms with Crippen molar-refractivity contribution in [2.45, 2.75) is 52.4 Å². The summed E-state index contributed by atoms with van der Waals surface area (Å²) in [4.78, 5) is 10.2. The summed E-state index contributed by atoms with van der Waals surface area (Å²) in [5, 5.41) is 0. The van der Waals surface area contributed by atoms with E-state index in [1.165, 1.54) is 25.7 Å².